The van der Waals surface area contributed by atoms with Gasteiger partial charge in [0.15, 0.2) is 36.2 Å². The molecule has 22 atom stereocenters. The molecule has 36 nitrogen and oxygen atoms in total. The summed E-state index contributed by atoms with van der Waals surface area (Å²) in [7, 11) is 1.47. The molecule has 22 N–H and O–H groups in total. The lowest BCUT2D eigenvalue weighted by Crippen LogP contribution is -2.65. The smallest absolute Gasteiger partial charge is 0.330 e. The number of hydrogen-bond donors (Lipinski definition) is 20. The lowest BCUT2D eigenvalue weighted by molar-refractivity contribution is -0.334. The van der Waals surface area contributed by atoms with Crippen LogP contribution in [0, 0.1) is 11.7 Å². The maximum Gasteiger partial charge on any atom is 0.330 e. The van der Waals surface area contributed by atoms with Gasteiger partial charge in [-0.2, -0.15) is 0 Å². The van der Waals surface area contributed by atoms with Gasteiger partial charge in [-0.1, -0.05) is 67.4 Å². The van der Waals surface area contributed by atoms with Gasteiger partial charge in [0.25, 0.3) is 0 Å². The highest BCUT2D eigenvalue weighted by molar-refractivity contribution is 6.32. The van der Waals surface area contributed by atoms with E-state index >= 15 is 24.0 Å². The van der Waals surface area contributed by atoms with Crippen LogP contribution in [-0.4, -0.2) is 215 Å². The fraction of sp³-hybridized carbons (Fsp3) is 0.450. The number of benzene rings is 6. The van der Waals surface area contributed by atoms with Crippen molar-refractivity contribution >= 4 is 70.5 Å². The van der Waals surface area contributed by atoms with E-state index in [4.69, 9.17) is 72.6 Å². The Kier molecular flexibility index (Phi) is 26.7. The van der Waals surface area contributed by atoms with Crippen molar-refractivity contribution in [2.75, 3.05) is 13.7 Å². The first-order valence-corrected chi connectivity index (χ1v) is 38.7. The van der Waals surface area contributed by atoms with E-state index in [1.165, 1.54) is 76.3 Å². The van der Waals surface area contributed by atoms with Crippen molar-refractivity contribution in [1.82, 2.24) is 42.5 Å². The number of likely N-dealkylation sites (N-methyl/N-ethyl adjacent to an activating group) is 1. The summed E-state index contributed by atoms with van der Waals surface area (Å²) in [5.74, 6) is -16.8. The predicted molar refractivity (Wildman–Crippen MR) is 415 cm³/mol. The van der Waals surface area contributed by atoms with Crippen molar-refractivity contribution in [2.24, 2.45) is 17.4 Å². The van der Waals surface area contributed by atoms with Gasteiger partial charge in [0.05, 0.1) is 53.5 Å². The Morgan fingerprint density at radius 1 is 0.672 bits per heavy atom. The number of phenolic OH excluding ortho intramolecular Hbond substituents is 3. The van der Waals surface area contributed by atoms with Crippen molar-refractivity contribution in [3.05, 3.63) is 152 Å². The lowest BCUT2D eigenvalue weighted by Gasteiger charge is -2.48. The monoisotopic (exact) mass is 1700 g/mol. The van der Waals surface area contributed by atoms with Crippen LogP contribution in [0.4, 0.5) is 4.39 Å². The normalized spacial score (nSPS) is 30.7. The summed E-state index contributed by atoms with van der Waals surface area (Å²) in [6, 6.07) is 4.95. The summed E-state index contributed by atoms with van der Waals surface area (Å²) in [6.07, 6.45) is -23.2. The number of aliphatic hydroxyl groups excluding tert-OH is 6. The van der Waals surface area contributed by atoms with Crippen molar-refractivity contribution in [3.63, 3.8) is 0 Å². The first-order chi connectivity index (χ1) is 56.2. The Morgan fingerprint density at radius 3 is 1.89 bits per heavy atom. The molecule has 0 aliphatic carbocycles. The fourth-order valence-electron chi connectivity index (χ4n) is 15.3. The average molecular weight is 1700 g/mol. The van der Waals surface area contributed by atoms with Crippen LogP contribution in [0.3, 0.4) is 0 Å². The number of ether oxygens (including phenoxy) is 8. The first-order valence-electron chi connectivity index (χ1n) is 38.0. The Labute approximate surface area is 689 Å². The zero-order valence-electron chi connectivity index (χ0n) is 65.0. The molecule has 6 aromatic carbocycles. The minimum Gasteiger partial charge on any atom is -0.508 e. The van der Waals surface area contributed by atoms with Gasteiger partial charge in [-0.15, -0.1) is 0 Å². The number of primary amides is 1. The largest absolute Gasteiger partial charge is 0.508 e. The first kappa shape index (κ1) is 88.1. The number of carboxylic acids is 1. The molecule has 0 unspecified atom stereocenters. The summed E-state index contributed by atoms with van der Waals surface area (Å²) >= 11 is 14.6. The fourth-order valence-corrected chi connectivity index (χ4v) is 15.8. The quantitative estimate of drug-likeness (QED) is 0.0587. The molecule has 0 saturated carbocycles. The van der Waals surface area contributed by atoms with Gasteiger partial charge in [0.2, 0.25) is 53.4 Å². The van der Waals surface area contributed by atoms with Crippen LogP contribution >= 0.6 is 23.2 Å². The van der Waals surface area contributed by atoms with Crippen LogP contribution in [0.1, 0.15) is 131 Å². The molecule has 7 amide bonds. The standard InChI is InChI=1S/C80H93Cl2FN10O26/c1-31(2)18-45(86-7)71(104)92-61-63(99)36-11-16-49(43(81)20-36)114-51-22-38-23-52(67(51)119-78-68(65(101)64(100)53(30-94)116-78)118-56-28-80(6,70(103)33(4)113-56)87-29-34-8-13-39(83)14-9-34)115-50-17-12-37(21-44(50)82)66(117-55-27-79(5,85)69(102)32(3)112-55)62-76(109)91-60(77(110)111)42-24-40(95)25-48(97)57(42)41-19-35(10-15-47(41)96)58(73(106)93-62)90-74(107)59(38)89-72(105)46(26-54(84)98)88-75(61)108/h8-17,19-25,31-33,45-46,53,55-56,58-66,68-70,78,86-87,94-97,99-103H,18,26-30,85H2,1-7H3,(H2,84,98)(H,88,108)(H,89,105)(H,90,107)(H,91,109)(H,92,104)(H,93,106)(H,110,111)/t32-,33-,45+,46-,53+,55-,56-,58+,59+,60-,61+,62-,63+,64+,65-,66+,68+,69-,70-,78-,79-,80-/m0/s1. The summed E-state index contributed by atoms with van der Waals surface area (Å²) < 4.78 is 66.5. The Hall–Kier alpha value is -10.2. The Bertz CT molecular complexity index is 4860. The van der Waals surface area contributed by atoms with Gasteiger partial charge >= 0.3 is 5.97 Å². The molecular formula is C80H93Cl2FN10O26. The maximum atomic E-state index is 16.5. The molecule has 0 aromatic heterocycles. The van der Waals surface area contributed by atoms with E-state index in [0.717, 1.165) is 54.6 Å². The molecular weight excluding hydrogens is 1610 g/mol. The van der Waals surface area contributed by atoms with Crippen LogP contribution in [0.15, 0.2) is 103 Å². The molecule has 8 aliphatic heterocycles. The third-order valence-corrected chi connectivity index (χ3v) is 22.3. The zero-order chi connectivity index (χ0) is 86.3. The van der Waals surface area contributed by atoms with Gasteiger partial charge in [-0.3, -0.25) is 33.6 Å². The van der Waals surface area contributed by atoms with Crippen molar-refractivity contribution < 1.29 is 132 Å². The summed E-state index contributed by atoms with van der Waals surface area (Å²) in [5.41, 5.74) is 7.45. The number of carboxylic acid groups (broad SMARTS) is 1. The molecule has 8 aliphatic rings. The second kappa shape index (κ2) is 36.0. The summed E-state index contributed by atoms with van der Waals surface area (Å²) in [4.78, 5) is 120. The predicted octanol–water partition coefficient (Wildman–Crippen LogP) is 2.31. The van der Waals surface area contributed by atoms with Gasteiger partial charge < -0.3 is 143 Å². The van der Waals surface area contributed by atoms with Crippen molar-refractivity contribution in [1.29, 1.82) is 0 Å². The second-order valence-electron chi connectivity index (χ2n) is 31.1. The molecule has 3 saturated heterocycles. The third-order valence-electron chi connectivity index (χ3n) is 21.7. The van der Waals surface area contributed by atoms with Crippen LogP contribution in [0.5, 0.6) is 46.0 Å². The topological polar surface area (TPSA) is 561 Å². The highest BCUT2D eigenvalue weighted by atomic mass is 35.5. The van der Waals surface area contributed by atoms with Crippen LogP contribution in [0.25, 0.3) is 11.1 Å². The van der Waals surface area contributed by atoms with Crippen LogP contribution in [-0.2, 0) is 68.6 Å². The Balaban J connectivity index is 1.10. The minimum absolute atomic E-state index is 0.0813. The lowest BCUT2D eigenvalue weighted by atomic mass is 9.84. The number of aliphatic carboxylic acids is 1. The molecule has 11 bridgehead atoms. The van der Waals surface area contributed by atoms with Crippen molar-refractivity contribution in [2.45, 2.75) is 207 Å². The summed E-state index contributed by atoms with van der Waals surface area (Å²) in [6.45, 7) is 8.80. The third kappa shape index (κ3) is 19.2. The van der Waals surface area contributed by atoms with Gasteiger partial charge in [0.1, 0.15) is 95.3 Å². The van der Waals surface area contributed by atoms with E-state index in [2.05, 4.69) is 42.5 Å². The number of phenols is 3. The van der Waals surface area contributed by atoms with E-state index in [-0.39, 0.29) is 59.2 Å². The number of hydrogen-bond acceptors (Lipinski definition) is 28. The van der Waals surface area contributed by atoms with E-state index in [0.29, 0.717) is 5.56 Å². The number of halogens is 3. The van der Waals surface area contributed by atoms with Gasteiger partial charge in [-0.05, 0) is 142 Å². The van der Waals surface area contributed by atoms with Crippen molar-refractivity contribution in [3.8, 4) is 57.1 Å². The van der Waals surface area contributed by atoms with Crippen LogP contribution < -0.4 is 68.2 Å². The number of rotatable bonds is 18. The zero-order valence-corrected chi connectivity index (χ0v) is 66.5. The van der Waals surface area contributed by atoms with Gasteiger partial charge in [-0.25, -0.2) is 9.18 Å². The van der Waals surface area contributed by atoms with Gasteiger partial charge in [0, 0.05) is 53.2 Å². The maximum absolute atomic E-state index is 16.5. The molecule has 119 heavy (non-hydrogen) atoms. The Morgan fingerprint density at radius 2 is 1.28 bits per heavy atom. The number of nitrogens with two attached hydrogens (primary N) is 2. The van der Waals surface area contributed by atoms with E-state index in [1.54, 1.807) is 6.92 Å². The average Bonchev–Trinajstić information content (AvgIpc) is 0.763. The number of carbonyl (C=O) groups is 8. The SMILES string of the molecule is CN[C@H](CC(C)C)C(=O)N[C@H]1C(=O)N[C@@H](CC(N)=O)C(=O)N[C@H]2C(=O)N[C@H]3C(=O)N[C@H](C(=O)N[C@H](C(=O)O)c4cc(O)cc(O)c4-c4cc3ccc4O)[C@H](O[C@H]3C[C@](C)(N)[C@@H](O)[C@H](C)O3)c3ccc(c(Cl)c3)Oc3cc2cc(c3O[C@@H]2O[C@H](CO)[C@@H](O)[C@H](O)[C@H]2O[C@H]2C[C@](C)(NCc3ccc(F)cc3)[C@@H](O)[C@H](C)O2)Oc2ccc(cc2Cl)[C@H]1O. The number of nitrogens with one attached hydrogen (secondary N) is 8. The number of amides is 7. The number of aromatic hydroxyl groups is 3. The summed E-state index contributed by atoms with van der Waals surface area (Å²) in [5, 5.41) is 136. The highest BCUT2D eigenvalue weighted by Crippen LogP contribution is 2.51. The van der Waals surface area contributed by atoms with E-state index in [1.807, 2.05) is 13.8 Å². The highest BCUT2D eigenvalue weighted by Gasteiger charge is 2.53. The second-order valence-corrected chi connectivity index (χ2v) is 32.0. The van der Waals surface area contributed by atoms with E-state index < -0.39 is 267 Å². The molecule has 8 heterocycles. The molecule has 640 valence electrons. The number of carbonyl (C=O) groups excluding carboxylic acids is 7. The molecule has 14 rings (SSSR count). The molecule has 39 heteroatoms. The number of fused-ring (bicyclic) bond motifs is 15. The van der Waals surface area contributed by atoms with E-state index in [9.17, 15) is 69.8 Å². The molecule has 0 spiro atoms. The molecule has 6 aromatic rings. The minimum atomic E-state index is -2.40. The molecule has 0 radical (unpaired) electrons. The van der Waals surface area contributed by atoms with Crippen LogP contribution in [0.2, 0.25) is 10.0 Å². The molecule has 3 fully saturated rings. The number of aliphatic hydroxyl groups is 6.